The SMILES string of the molecule is CCC(CC)C(=O)/C=C(\O)C(CC)CC.[Ir].[c-]1ccc2oc3cccc4sc5c6ccccc6cnc5c1c2c34. The average Bonchev–Trinajstić information content (AvgIpc) is 3.27. The molecule has 0 atom stereocenters. The van der Waals surface area contributed by atoms with Gasteiger partial charge in [-0.25, -0.2) is 0 Å². The number of aliphatic hydroxyl groups is 1. The zero-order valence-corrected chi connectivity index (χ0v) is 26.5. The second-order valence-corrected chi connectivity index (χ2v) is 11.0. The Kier molecular flexibility index (Phi) is 9.78. The number of fused-ring (bicyclic) bond motifs is 4. The molecule has 1 N–H and O–H groups in total. The van der Waals surface area contributed by atoms with Gasteiger partial charge in [-0.3, -0.25) is 4.79 Å². The van der Waals surface area contributed by atoms with Crippen LogP contribution in [0.15, 0.2) is 77.0 Å². The van der Waals surface area contributed by atoms with E-state index < -0.39 is 0 Å². The number of benzene rings is 3. The van der Waals surface area contributed by atoms with Crippen LogP contribution < -0.4 is 0 Å². The van der Waals surface area contributed by atoms with Gasteiger partial charge in [0.2, 0.25) is 0 Å². The maximum Gasteiger partial charge on any atom is 0.162 e. The Morgan fingerprint density at radius 1 is 0.950 bits per heavy atom. The molecule has 3 heterocycles. The molecule has 0 aliphatic carbocycles. The van der Waals surface area contributed by atoms with Crippen LogP contribution in [0.25, 0.3) is 53.0 Å². The van der Waals surface area contributed by atoms with Gasteiger partial charge in [0.25, 0.3) is 0 Å². The first-order valence-electron chi connectivity index (χ1n) is 13.9. The summed E-state index contributed by atoms with van der Waals surface area (Å²) >= 11 is 1.77. The van der Waals surface area contributed by atoms with Gasteiger partial charge in [0.15, 0.2) is 5.78 Å². The Balaban J connectivity index is 0.000000204. The number of ketones is 1. The van der Waals surface area contributed by atoms with E-state index in [0.717, 1.165) is 58.5 Å². The van der Waals surface area contributed by atoms with Crippen LogP contribution in [-0.2, 0) is 24.9 Å². The second kappa shape index (κ2) is 13.1. The van der Waals surface area contributed by atoms with E-state index in [2.05, 4.69) is 42.5 Å². The average molecular weight is 729 g/mol. The fraction of sp³-hybridized carbons (Fsp3) is 0.294. The maximum atomic E-state index is 11.7. The summed E-state index contributed by atoms with van der Waals surface area (Å²) in [4.78, 5) is 16.5. The number of hydrogen-bond acceptors (Lipinski definition) is 5. The van der Waals surface area contributed by atoms with E-state index in [1.807, 2.05) is 52.1 Å². The van der Waals surface area contributed by atoms with Gasteiger partial charge >= 0.3 is 0 Å². The molecule has 3 aromatic heterocycles. The number of pyridine rings is 1. The van der Waals surface area contributed by atoms with E-state index in [0.29, 0.717) is 0 Å². The molecular formula is C34H34IrNO3S-. The number of hydrogen-bond donors (Lipinski definition) is 1. The molecule has 0 unspecified atom stereocenters. The Morgan fingerprint density at radius 2 is 1.65 bits per heavy atom. The van der Waals surface area contributed by atoms with Crippen molar-refractivity contribution in [2.45, 2.75) is 53.4 Å². The van der Waals surface area contributed by atoms with Gasteiger partial charge in [-0.15, -0.1) is 28.9 Å². The van der Waals surface area contributed by atoms with E-state index in [4.69, 9.17) is 9.40 Å². The minimum absolute atomic E-state index is 0. The maximum absolute atomic E-state index is 11.7. The van der Waals surface area contributed by atoms with Gasteiger partial charge < -0.3 is 14.5 Å². The van der Waals surface area contributed by atoms with Crippen molar-refractivity contribution in [3.63, 3.8) is 0 Å². The minimum Gasteiger partial charge on any atom is -0.512 e. The van der Waals surface area contributed by atoms with Gasteiger partial charge in [-0.2, -0.15) is 0 Å². The molecular weight excluding hydrogens is 695 g/mol. The molecule has 1 radical (unpaired) electrons. The number of aliphatic hydroxyl groups excluding tert-OH is 1. The number of furan rings is 1. The second-order valence-electron chi connectivity index (χ2n) is 9.95. The number of carbonyl (C=O) groups excluding carboxylic acids is 1. The number of carbonyl (C=O) groups is 1. The number of nitrogens with zero attached hydrogens (tertiary/aromatic N) is 1. The third-order valence-electron chi connectivity index (χ3n) is 7.70. The molecule has 4 nitrogen and oxygen atoms in total. The molecule has 3 aromatic carbocycles. The zero-order chi connectivity index (χ0) is 27.5. The first-order valence-corrected chi connectivity index (χ1v) is 14.7. The fourth-order valence-corrected chi connectivity index (χ4v) is 6.57. The summed E-state index contributed by atoms with van der Waals surface area (Å²) in [6, 6.07) is 22.0. The van der Waals surface area contributed by atoms with Crippen molar-refractivity contribution >= 4 is 70.1 Å². The van der Waals surface area contributed by atoms with Crippen LogP contribution >= 0.6 is 11.3 Å². The molecule has 0 fully saturated rings. The summed E-state index contributed by atoms with van der Waals surface area (Å²) in [5.41, 5.74) is 2.81. The topological polar surface area (TPSA) is 63.3 Å². The fourth-order valence-electron chi connectivity index (χ4n) is 5.35. The molecule has 6 aromatic rings. The van der Waals surface area contributed by atoms with Crippen molar-refractivity contribution in [2.75, 3.05) is 0 Å². The smallest absolute Gasteiger partial charge is 0.162 e. The van der Waals surface area contributed by atoms with Crippen molar-refractivity contribution in [3.05, 3.63) is 78.7 Å². The van der Waals surface area contributed by atoms with E-state index in [1.165, 1.54) is 26.2 Å². The van der Waals surface area contributed by atoms with Gasteiger partial charge in [0, 0.05) is 64.5 Å². The van der Waals surface area contributed by atoms with Crippen LogP contribution in [0, 0.1) is 17.9 Å². The standard InChI is InChI=1S/C21H10NOS.C13H24O2.Ir/c1-2-6-13-12(5-1)11-22-20-14-7-3-8-15-18(14)19-16(23-15)9-4-10-17(19)24-21(13)20;1-5-10(6-2)12(14)9-13(15)11(7-3)8-4;/h1-6,8-11H;9-11,14H,5-8H2,1-4H3;/q-1;;/b;12-9-;. The van der Waals surface area contributed by atoms with Gasteiger partial charge in [-0.1, -0.05) is 69.5 Å². The quantitative estimate of drug-likeness (QED) is 0.101. The van der Waals surface area contributed by atoms with E-state index in [-0.39, 0.29) is 43.5 Å². The number of allylic oxidation sites excluding steroid dienone is 2. The molecule has 0 saturated carbocycles. The van der Waals surface area contributed by atoms with E-state index >= 15 is 0 Å². The Labute approximate surface area is 252 Å². The zero-order valence-electron chi connectivity index (χ0n) is 23.3. The predicted molar refractivity (Wildman–Crippen MR) is 165 cm³/mol. The third-order valence-corrected chi connectivity index (χ3v) is 8.88. The molecule has 0 aliphatic rings. The van der Waals surface area contributed by atoms with Crippen LogP contribution in [0.5, 0.6) is 0 Å². The molecule has 0 aliphatic heterocycles. The van der Waals surface area contributed by atoms with Crippen LogP contribution in [0.2, 0.25) is 0 Å². The van der Waals surface area contributed by atoms with Crippen LogP contribution in [0.1, 0.15) is 53.4 Å². The summed E-state index contributed by atoms with van der Waals surface area (Å²) in [7, 11) is 0. The van der Waals surface area contributed by atoms with Crippen molar-refractivity contribution in [1.82, 2.24) is 4.98 Å². The van der Waals surface area contributed by atoms with Gasteiger partial charge in [-0.05, 0) is 48.6 Å². The molecule has 6 rings (SSSR count). The number of rotatable bonds is 7. The van der Waals surface area contributed by atoms with Crippen LogP contribution in [0.3, 0.4) is 0 Å². The normalized spacial score (nSPS) is 12.0. The molecule has 209 valence electrons. The van der Waals surface area contributed by atoms with Crippen LogP contribution in [-0.4, -0.2) is 15.9 Å². The molecule has 40 heavy (non-hydrogen) atoms. The van der Waals surface area contributed by atoms with Crippen molar-refractivity contribution in [1.29, 1.82) is 0 Å². The molecule has 0 spiro atoms. The molecule has 0 saturated heterocycles. The monoisotopic (exact) mass is 729 g/mol. The summed E-state index contributed by atoms with van der Waals surface area (Å²) in [5, 5.41) is 15.5. The Morgan fingerprint density at radius 3 is 2.38 bits per heavy atom. The predicted octanol–water partition coefficient (Wildman–Crippen LogP) is 10.2. The van der Waals surface area contributed by atoms with Gasteiger partial charge in [0.1, 0.15) is 5.58 Å². The largest absolute Gasteiger partial charge is 0.512 e. The Bertz CT molecular complexity index is 1810. The van der Waals surface area contributed by atoms with Crippen molar-refractivity contribution in [3.8, 4) is 0 Å². The molecule has 6 heteroatoms. The van der Waals surface area contributed by atoms with E-state index in [1.54, 1.807) is 11.3 Å². The minimum atomic E-state index is 0. The first-order chi connectivity index (χ1) is 19.0. The molecule has 0 bridgehead atoms. The van der Waals surface area contributed by atoms with E-state index in [9.17, 15) is 9.90 Å². The van der Waals surface area contributed by atoms with Crippen LogP contribution in [0.4, 0.5) is 0 Å². The summed E-state index contributed by atoms with van der Waals surface area (Å²) < 4.78 is 8.46. The van der Waals surface area contributed by atoms with Gasteiger partial charge in [0.05, 0.1) is 11.3 Å². The third kappa shape index (κ3) is 5.58. The number of aromatic nitrogens is 1. The summed E-state index contributed by atoms with van der Waals surface area (Å²) in [6.45, 7) is 8.07. The molecule has 0 amide bonds. The summed E-state index contributed by atoms with van der Waals surface area (Å²) in [6.07, 6.45) is 6.86. The van der Waals surface area contributed by atoms with Crippen molar-refractivity contribution in [2.24, 2.45) is 11.8 Å². The van der Waals surface area contributed by atoms with Crippen molar-refractivity contribution < 1.29 is 34.4 Å². The Hall–Kier alpha value is -3.05. The summed E-state index contributed by atoms with van der Waals surface area (Å²) in [5.74, 6) is 0.547. The first kappa shape index (κ1) is 29.9.